The minimum atomic E-state index is -1.05. The van der Waals surface area contributed by atoms with Gasteiger partial charge >= 0.3 is 12.0 Å². The molecule has 1 rings (SSSR count). The molecule has 1 saturated heterocycles. The molecule has 6 nitrogen and oxygen atoms in total. The van der Waals surface area contributed by atoms with E-state index in [9.17, 15) is 9.59 Å². The molecule has 1 heterocycles. The molecule has 1 aliphatic rings. The lowest BCUT2D eigenvalue weighted by Crippen LogP contribution is -2.49. The third kappa shape index (κ3) is 3.69. The van der Waals surface area contributed by atoms with Crippen molar-refractivity contribution in [3.05, 3.63) is 0 Å². The molecule has 0 spiro atoms. The van der Waals surface area contributed by atoms with E-state index in [0.29, 0.717) is 12.5 Å². The van der Waals surface area contributed by atoms with E-state index in [-0.39, 0.29) is 6.04 Å². The van der Waals surface area contributed by atoms with Crippen LogP contribution in [0.25, 0.3) is 0 Å². The number of carboxylic acid groups (broad SMARTS) is 1. The molecule has 16 heavy (non-hydrogen) atoms. The monoisotopic (exact) mass is 230 g/mol. The summed E-state index contributed by atoms with van der Waals surface area (Å²) in [6, 6.07) is -1.34. The maximum atomic E-state index is 11.4. The SMILES string of the molecule is CC(NC(=O)NC(C)C1CCOC1)C(=O)O. The first-order chi connectivity index (χ1) is 7.50. The van der Waals surface area contributed by atoms with Gasteiger partial charge in [0.15, 0.2) is 0 Å². The zero-order chi connectivity index (χ0) is 12.1. The van der Waals surface area contributed by atoms with Gasteiger partial charge in [0, 0.05) is 18.6 Å². The van der Waals surface area contributed by atoms with Gasteiger partial charge < -0.3 is 20.5 Å². The van der Waals surface area contributed by atoms with E-state index in [1.807, 2.05) is 6.92 Å². The molecule has 0 saturated carbocycles. The Bertz CT molecular complexity index is 264. The van der Waals surface area contributed by atoms with Gasteiger partial charge in [0.25, 0.3) is 0 Å². The number of carboxylic acids is 1. The minimum absolute atomic E-state index is 0.0107. The number of carbonyl (C=O) groups excluding carboxylic acids is 1. The van der Waals surface area contributed by atoms with E-state index in [1.54, 1.807) is 0 Å². The number of rotatable bonds is 4. The average molecular weight is 230 g/mol. The van der Waals surface area contributed by atoms with Crippen molar-refractivity contribution in [3.8, 4) is 0 Å². The highest BCUT2D eigenvalue weighted by Gasteiger charge is 2.24. The summed E-state index contributed by atoms with van der Waals surface area (Å²) in [7, 11) is 0. The zero-order valence-electron chi connectivity index (χ0n) is 9.53. The predicted octanol–water partition coefficient (Wildman–Crippen LogP) is 0.184. The number of urea groups is 1. The summed E-state index contributed by atoms with van der Waals surface area (Å²) in [4.78, 5) is 21.9. The van der Waals surface area contributed by atoms with Crippen LogP contribution in [0, 0.1) is 5.92 Å². The molecule has 6 heteroatoms. The highest BCUT2D eigenvalue weighted by atomic mass is 16.5. The van der Waals surface area contributed by atoms with Crippen LogP contribution in [0.15, 0.2) is 0 Å². The average Bonchev–Trinajstić information content (AvgIpc) is 2.69. The lowest BCUT2D eigenvalue weighted by Gasteiger charge is -2.20. The highest BCUT2D eigenvalue weighted by molar-refractivity contribution is 5.82. The molecule has 0 aromatic carbocycles. The molecule has 2 amide bonds. The van der Waals surface area contributed by atoms with Crippen LogP contribution < -0.4 is 10.6 Å². The van der Waals surface area contributed by atoms with E-state index in [0.717, 1.165) is 13.0 Å². The number of carbonyl (C=O) groups is 2. The summed E-state index contributed by atoms with van der Waals surface area (Å²) in [5.41, 5.74) is 0. The van der Waals surface area contributed by atoms with Gasteiger partial charge in [-0.15, -0.1) is 0 Å². The number of ether oxygens (including phenoxy) is 1. The summed E-state index contributed by atoms with van der Waals surface area (Å²) in [6.07, 6.45) is 0.927. The van der Waals surface area contributed by atoms with Crippen LogP contribution in [-0.2, 0) is 9.53 Å². The van der Waals surface area contributed by atoms with Gasteiger partial charge in [0.05, 0.1) is 6.61 Å². The number of hydrogen-bond acceptors (Lipinski definition) is 3. The number of hydrogen-bond donors (Lipinski definition) is 3. The van der Waals surface area contributed by atoms with Crippen molar-refractivity contribution >= 4 is 12.0 Å². The fourth-order valence-electron chi connectivity index (χ4n) is 1.57. The van der Waals surface area contributed by atoms with Gasteiger partial charge in [0.1, 0.15) is 6.04 Å². The smallest absolute Gasteiger partial charge is 0.325 e. The Morgan fingerprint density at radius 2 is 2.06 bits per heavy atom. The molecule has 0 radical (unpaired) electrons. The van der Waals surface area contributed by atoms with Gasteiger partial charge in [-0.1, -0.05) is 0 Å². The van der Waals surface area contributed by atoms with Gasteiger partial charge in [-0.25, -0.2) is 4.79 Å². The Kier molecular flexibility index (Phi) is 4.54. The van der Waals surface area contributed by atoms with Crippen molar-refractivity contribution in [2.24, 2.45) is 5.92 Å². The lowest BCUT2D eigenvalue weighted by molar-refractivity contribution is -0.138. The van der Waals surface area contributed by atoms with Crippen LogP contribution in [0.4, 0.5) is 4.79 Å². The Hall–Kier alpha value is -1.30. The van der Waals surface area contributed by atoms with Crippen molar-refractivity contribution in [1.29, 1.82) is 0 Å². The van der Waals surface area contributed by atoms with Crippen LogP contribution in [0.5, 0.6) is 0 Å². The molecule has 3 N–H and O–H groups in total. The minimum Gasteiger partial charge on any atom is -0.480 e. The van der Waals surface area contributed by atoms with E-state index < -0.39 is 18.0 Å². The lowest BCUT2D eigenvalue weighted by atomic mass is 10.0. The number of amides is 2. The quantitative estimate of drug-likeness (QED) is 0.643. The molecule has 1 aliphatic heterocycles. The van der Waals surface area contributed by atoms with Gasteiger partial charge in [0.2, 0.25) is 0 Å². The molecule has 3 atom stereocenters. The van der Waals surface area contributed by atoms with Gasteiger partial charge in [-0.2, -0.15) is 0 Å². The molecular formula is C10H18N2O4. The summed E-state index contributed by atoms with van der Waals surface area (Å²) < 4.78 is 5.21. The molecule has 3 unspecified atom stereocenters. The fraction of sp³-hybridized carbons (Fsp3) is 0.800. The summed E-state index contributed by atoms with van der Waals surface area (Å²) in [5, 5.41) is 13.7. The molecule has 0 aliphatic carbocycles. The second-order valence-corrected chi connectivity index (χ2v) is 4.09. The Balaban J connectivity index is 2.30. The Morgan fingerprint density at radius 3 is 2.56 bits per heavy atom. The topological polar surface area (TPSA) is 87.7 Å². The second kappa shape index (κ2) is 5.69. The third-order valence-electron chi connectivity index (χ3n) is 2.75. The van der Waals surface area contributed by atoms with Gasteiger partial charge in [-0.05, 0) is 20.3 Å². The highest BCUT2D eigenvalue weighted by Crippen LogP contribution is 2.16. The van der Waals surface area contributed by atoms with Crippen molar-refractivity contribution in [2.75, 3.05) is 13.2 Å². The van der Waals surface area contributed by atoms with Crippen molar-refractivity contribution in [1.82, 2.24) is 10.6 Å². The first-order valence-corrected chi connectivity index (χ1v) is 5.38. The normalized spacial score (nSPS) is 23.5. The van der Waals surface area contributed by atoms with Gasteiger partial charge in [-0.3, -0.25) is 4.79 Å². The van der Waals surface area contributed by atoms with Crippen LogP contribution >= 0.6 is 0 Å². The van der Waals surface area contributed by atoms with Crippen molar-refractivity contribution in [3.63, 3.8) is 0 Å². The summed E-state index contributed by atoms with van der Waals surface area (Å²) >= 11 is 0. The molecule has 92 valence electrons. The first kappa shape index (κ1) is 12.8. The molecule has 0 bridgehead atoms. The predicted molar refractivity (Wildman–Crippen MR) is 57.2 cm³/mol. The second-order valence-electron chi connectivity index (χ2n) is 4.09. The Morgan fingerprint density at radius 1 is 1.38 bits per heavy atom. The van der Waals surface area contributed by atoms with Crippen LogP contribution in [-0.4, -0.2) is 42.4 Å². The molecule has 1 fully saturated rings. The fourth-order valence-corrected chi connectivity index (χ4v) is 1.57. The molecule has 0 aromatic rings. The number of aliphatic carboxylic acids is 1. The van der Waals surface area contributed by atoms with Crippen LogP contribution in [0.2, 0.25) is 0 Å². The standard InChI is InChI=1S/C10H18N2O4/c1-6(8-3-4-16-5-8)11-10(15)12-7(2)9(13)14/h6-8H,3-5H2,1-2H3,(H,13,14)(H2,11,12,15). The maximum Gasteiger partial charge on any atom is 0.325 e. The van der Waals surface area contributed by atoms with E-state index in [1.165, 1.54) is 6.92 Å². The van der Waals surface area contributed by atoms with E-state index in [4.69, 9.17) is 9.84 Å². The molecular weight excluding hydrogens is 212 g/mol. The van der Waals surface area contributed by atoms with E-state index >= 15 is 0 Å². The van der Waals surface area contributed by atoms with Crippen LogP contribution in [0.1, 0.15) is 20.3 Å². The summed E-state index contributed by atoms with van der Waals surface area (Å²) in [5.74, 6) is -0.738. The molecule has 0 aromatic heterocycles. The zero-order valence-corrected chi connectivity index (χ0v) is 9.53. The van der Waals surface area contributed by atoms with Crippen LogP contribution in [0.3, 0.4) is 0 Å². The maximum absolute atomic E-state index is 11.4. The van der Waals surface area contributed by atoms with Crippen molar-refractivity contribution in [2.45, 2.75) is 32.4 Å². The van der Waals surface area contributed by atoms with E-state index in [2.05, 4.69) is 10.6 Å². The first-order valence-electron chi connectivity index (χ1n) is 5.38. The van der Waals surface area contributed by atoms with Crippen molar-refractivity contribution < 1.29 is 19.4 Å². The summed E-state index contributed by atoms with van der Waals surface area (Å²) in [6.45, 7) is 4.69. The Labute approximate surface area is 94.3 Å². The third-order valence-corrected chi connectivity index (χ3v) is 2.75. The number of nitrogens with one attached hydrogen (secondary N) is 2. The largest absolute Gasteiger partial charge is 0.480 e.